The summed E-state index contributed by atoms with van der Waals surface area (Å²) < 4.78 is 11.9. The van der Waals surface area contributed by atoms with Crippen LogP contribution >= 0.6 is 0 Å². The van der Waals surface area contributed by atoms with Gasteiger partial charge in [-0.25, -0.2) is 0 Å². The van der Waals surface area contributed by atoms with E-state index in [2.05, 4.69) is 10.4 Å². The van der Waals surface area contributed by atoms with Gasteiger partial charge in [0.15, 0.2) is 17.2 Å². The van der Waals surface area contributed by atoms with Crippen LogP contribution in [0.5, 0.6) is 11.5 Å². The van der Waals surface area contributed by atoms with Gasteiger partial charge in [0.25, 0.3) is 5.91 Å². The van der Waals surface area contributed by atoms with E-state index >= 15 is 0 Å². The van der Waals surface area contributed by atoms with Gasteiger partial charge in [0.05, 0.1) is 25.6 Å². The van der Waals surface area contributed by atoms with Crippen molar-refractivity contribution in [2.24, 2.45) is 7.05 Å². The maximum absolute atomic E-state index is 12.0. The summed E-state index contributed by atoms with van der Waals surface area (Å²) in [4.78, 5) is 12.0. The molecule has 1 aromatic heterocycles. The van der Waals surface area contributed by atoms with Crippen molar-refractivity contribution < 1.29 is 14.3 Å². The molecule has 0 spiro atoms. The smallest absolute Gasteiger partial charge is 0.276 e. The molecule has 0 aliphatic rings. The van der Waals surface area contributed by atoms with Gasteiger partial charge in [-0.15, -0.1) is 0 Å². The number of anilines is 2. The average molecular weight is 276 g/mol. The molecule has 20 heavy (non-hydrogen) atoms. The van der Waals surface area contributed by atoms with Crippen molar-refractivity contribution >= 4 is 17.3 Å². The van der Waals surface area contributed by atoms with Crippen molar-refractivity contribution in [3.63, 3.8) is 0 Å². The number of rotatable bonds is 4. The number of carbonyl (C=O) groups excluding carboxylic acids is 1. The molecular formula is C13H16N4O3. The Bertz CT molecular complexity index is 637. The van der Waals surface area contributed by atoms with E-state index in [-0.39, 0.29) is 5.91 Å². The van der Waals surface area contributed by atoms with Crippen molar-refractivity contribution in [1.29, 1.82) is 0 Å². The van der Waals surface area contributed by atoms with Crippen LogP contribution in [0, 0.1) is 0 Å². The molecule has 7 heteroatoms. The summed E-state index contributed by atoms with van der Waals surface area (Å²) in [6.45, 7) is 0. The molecule has 0 saturated carbocycles. The number of benzene rings is 1. The average Bonchev–Trinajstić information content (AvgIpc) is 2.87. The minimum atomic E-state index is -0.343. The lowest BCUT2D eigenvalue weighted by Gasteiger charge is -2.12. The van der Waals surface area contributed by atoms with Gasteiger partial charge < -0.3 is 20.5 Å². The lowest BCUT2D eigenvalue weighted by molar-refractivity contribution is 0.102. The number of nitrogen functional groups attached to an aromatic ring is 1. The molecule has 0 aliphatic heterocycles. The van der Waals surface area contributed by atoms with Gasteiger partial charge in [-0.1, -0.05) is 0 Å². The Balaban J connectivity index is 2.27. The molecular weight excluding hydrogens is 260 g/mol. The van der Waals surface area contributed by atoms with E-state index < -0.39 is 0 Å². The summed E-state index contributed by atoms with van der Waals surface area (Å²) in [7, 11) is 4.77. The Kier molecular flexibility index (Phi) is 3.79. The van der Waals surface area contributed by atoms with Crippen molar-refractivity contribution in [3.8, 4) is 11.5 Å². The molecule has 0 saturated heterocycles. The third kappa shape index (κ3) is 2.66. The number of carbonyl (C=O) groups is 1. The minimum absolute atomic E-state index is 0.307. The topological polar surface area (TPSA) is 91.4 Å². The van der Waals surface area contributed by atoms with Gasteiger partial charge >= 0.3 is 0 Å². The van der Waals surface area contributed by atoms with Gasteiger partial charge in [0.1, 0.15) is 0 Å². The zero-order valence-corrected chi connectivity index (χ0v) is 11.5. The first-order valence-corrected chi connectivity index (χ1v) is 5.87. The van der Waals surface area contributed by atoms with Crippen LogP contribution in [0.4, 0.5) is 11.4 Å². The van der Waals surface area contributed by atoms with Crippen LogP contribution < -0.4 is 20.5 Å². The second kappa shape index (κ2) is 5.52. The maximum atomic E-state index is 12.0. The molecule has 3 N–H and O–H groups in total. The molecule has 0 bridgehead atoms. The summed E-state index contributed by atoms with van der Waals surface area (Å²) in [5, 5.41) is 6.71. The summed E-state index contributed by atoms with van der Waals surface area (Å²) in [6.07, 6.45) is 1.69. The Morgan fingerprint density at radius 1 is 1.30 bits per heavy atom. The van der Waals surface area contributed by atoms with Crippen LogP contribution in [0.15, 0.2) is 24.4 Å². The molecule has 2 aromatic rings. The van der Waals surface area contributed by atoms with Gasteiger partial charge in [0, 0.05) is 25.4 Å². The first-order chi connectivity index (χ1) is 9.55. The monoisotopic (exact) mass is 276 g/mol. The van der Waals surface area contributed by atoms with Gasteiger partial charge in [-0.3, -0.25) is 9.48 Å². The fourth-order valence-electron chi connectivity index (χ4n) is 1.73. The number of hydrogen-bond donors (Lipinski definition) is 2. The summed E-state index contributed by atoms with van der Waals surface area (Å²) in [6, 6.07) is 4.81. The predicted octanol–water partition coefficient (Wildman–Crippen LogP) is 1.27. The third-order valence-corrected chi connectivity index (χ3v) is 2.75. The number of amides is 1. The number of nitrogens with two attached hydrogens (primary N) is 1. The van der Waals surface area contributed by atoms with E-state index in [1.807, 2.05) is 0 Å². The van der Waals surface area contributed by atoms with Crippen LogP contribution in [0.1, 0.15) is 10.5 Å². The zero-order chi connectivity index (χ0) is 14.7. The largest absolute Gasteiger partial charge is 0.493 e. The van der Waals surface area contributed by atoms with Crippen molar-refractivity contribution in [1.82, 2.24) is 9.78 Å². The number of nitrogens with one attached hydrogen (secondary N) is 1. The molecule has 0 aliphatic carbocycles. The minimum Gasteiger partial charge on any atom is -0.493 e. The van der Waals surface area contributed by atoms with E-state index in [4.69, 9.17) is 15.2 Å². The predicted molar refractivity (Wildman–Crippen MR) is 75.1 cm³/mol. The van der Waals surface area contributed by atoms with Gasteiger partial charge in [0.2, 0.25) is 0 Å². The van der Waals surface area contributed by atoms with E-state index in [1.54, 1.807) is 36.1 Å². The molecule has 1 heterocycles. The van der Waals surface area contributed by atoms with Crippen molar-refractivity contribution in [2.45, 2.75) is 0 Å². The Morgan fingerprint density at radius 3 is 2.50 bits per heavy atom. The molecule has 1 aromatic carbocycles. The Labute approximate surface area is 116 Å². The van der Waals surface area contributed by atoms with Crippen LogP contribution in [0.2, 0.25) is 0 Å². The van der Waals surface area contributed by atoms with Crippen LogP contribution in [0.25, 0.3) is 0 Å². The quantitative estimate of drug-likeness (QED) is 0.821. The maximum Gasteiger partial charge on any atom is 0.276 e. The number of ether oxygens (including phenoxy) is 2. The number of methoxy groups -OCH3 is 2. The Hall–Kier alpha value is -2.70. The van der Waals surface area contributed by atoms with E-state index in [1.165, 1.54) is 14.2 Å². The van der Waals surface area contributed by atoms with E-state index in [0.717, 1.165) is 0 Å². The molecule has 0 fully saturated rings. The second-order valence-electron chi connectivity index (χ2n) is 4.12. The van der Waals surface area contributed by atoms with Crippen LogP contribution in [-0.4, -0.2) is 29.9 Å². The third-order valence-electron chi connectivity index (χ3n) is 2.75. The van der Waals surface area contributed by atoms with Crippen molar-refractivity contribution in [2.75, 3.05) is 25.3 Å². The summed E-state index contributed by atoms with van der Waals surface area (Å²) in [5.41, 5.74) is 7.01. The Morgan fingerprint density at radius 2 is 1.95 bits per heavy atom. The first-order valence-electron chi connectivity index (χ1n) is 5.87. The molecule has 0 unspecified atom stereocenters. The zero-order valence-electron chi connectivity index (χ0n) is 11.5. The highest BCUT2D eigenvalue weighted by Gasteiger charge is 2.14. The molecule has 106 valence electrons. The van der Waals surface area contributed by atoms with E-state index in [9.17, 15) is 4.79 Å². The highest BCUT2D eigenvalue weighted by Crippen LogP contribution is 2.34. The summed E-state index contributed by atoms with van der Waals surface area (Å²) >= 11 is 0. The standard InChI is InChI=1S/C13H16N4O3/c1-17-5-4-9(16-17)13(18)15-10-7-12(20-3)11(19-2)6-8(10)14/h4-7H,14H2,1-3H3,(H,15,18). The lowest BCUT2D eigenvalue weighted by Crippen LogP contribution is -2.14. The number of nitrogens with zero attached hydrogens (tertiary/aromatic N) is 2. The highest BCUT2D eigenvalue weighted by atomic mass is 16.5. The van der Waals surface area contributed by atoms with Crippen molar-refractivity contribution in [3.05, 3.63) is 30.1 Å². The normalized spacial score (nSPS) is 10.2. The number of aromatic nitrogens is 2. The number of aryl methyl sites for hydroxylation is 1. The lowest BCUT2D eigenvalue weighted by atomic mass is 10.2. The highest BCUT2D eigenvalue weighted by molar-refractivity contribution is 6.04. The molecule has 1 amide bonds. The number of hydrogen-bond acceptors (Lipinski definition) is 5. The molecule has 0 radical (unpaired) electrons. The fourth-order valence-corrected chi connectivity index (χ4v) is 1.73. The van der Waals surface area contributed by atoms with Crippen LogP contribution in [-0.2, 0) is 7.05 Å². The first kappa shape index (κ1) is 13.7. The van der Waals surface area contributed by atoms with E-state index in [0.29, 0.717) is 28.6 Å². The fraction of sp³-hybridized carbons (Fsp3) is 0.231. The molecule has 2 rings (SSSR count). The summed E-state index contributed by atoms with van der Waals surface area (Å²) in [5.74, 6) is 0.642. The second-order valence-corrected chi connectivity index (χ2v) is 4.12. The van der Waals surface area contributed by atoms with Crippen LogP contribution in [0.3, 0.4) is 0 Å². The SMILES string of the molecule is COc1cc(N)c(NC(=O)c2ccn(C)n2)cc1OC. The van der Waals surface area contributed by atoms with Gasteiger partial charge in [-0.05, 0) is 6.07 Å². The van der Waals surface area contributed by atoms with Gasteiger partial charge in [-0.2, -0.15) is 5.10 Å². The molecule has 0 atom stereocenters. The molecule has 7 nitrogen and oxygen atoms in total.